The first-order chi connectivity index (χ1) is 7.02. The van der Waals surface area contributed by atoms with Gasteiger partial charge in [0.15, 0.2) is 0 Å². The monoisotopic (exact) mass is 206 g/mol. The second-order valence-electron chi connectivity index (χ2n) is 5.07. The third kappa shape index (κ3) is 1.81. The minimum Gasteiger partial charge on any atom is -0.308 e. The van der Waals surface area contributed by atoms with Gasteiger partial charge in [0.25, 0.3) is 0 Å². The molecule has 4 nitrogen and oxygen atoms in total. The fraction of sp³-hybridized carbons (Fsp3) is 0.636. The molecule has 0 aromatic carbocycles. The van der Waals surface area contributed by atoms with E-state index >= 15 is 0 Å². The first kappa shape index (κ1) is 10.4. The van der Waals surface area contributed by atoms with Gasteiger partial charge >= 0.3 is 0 Å². The first-order valence-corrected chi connectivity index (χ1v) is 5.39. The van der Waals surface area contributed by atoms with E-state index in [9.17, 15) is 0 Å². The number of aromatic nitrogens is 2. The number of rotatable bonds is 1. The van der Waals surface area contributed by atoms with Gasteiger partial charge in [-0.3, -0.25) is 0 Å². The van der Waals surface area contributed by atoms with Crippen LogP contribution in [0.25, 0.3) is 0 Å². The lowest BCUT2D eigenvalue weighted by molar-refractivity contribution is 0.542. The minimum absolute atomic E-state index is 0.0246. The Morgan fingerprint density at radius 3 is 2.53 bits per heavy atom. The summed E-state index contributed by atoms with van der Waals surface area (Å²) in [5.41, 5.74) is 5.03. The molecule has 0 bridgehead atoms. The van der Waals surface area contributed by atoms with Crippen LogP contribution < -0.4 is 11.3 Å². The van der Waals surface area contributed by atoms with Gasteiger partial charge in [0, 0.05) is 16.7 Å². The number of anilines is 1. The maximum atomic E-state index is 5.49. The van der Waals surface area contributed by atoms with Crippen molar-refractivity contribution in [2.75, 3.05) is 5.43 Å². The summed E-state index contributed by atoms with van der Waals surface area (Å²) >= 11 is 0. The largest absolute Gasteiger partial charge is 0.308 e. The molecule has 4 heteroatoms. The minimum atomic E-state index is -0.0246. The Labute approximate surface area is 90.3 Å². The van der Waals surface area contributed by atoms with Gasteiger partial charge < -0.3 is 5.43 Å². The van der Waals surface area contributed by atoms with Crippen molar-refractivity contribution in [3.05, 3.63) is 17.1 Å². The van der Waals surface area contributed by atoms with Crippen LogP contribution in [-0.4, -0.2) is 9.97 Å². The molecule has 1 aliphatic carbocycles. The predicted octanol–water partition coefficient (Wildman–Crippen LogP) is 1.55. The number of aryl methyl sites for hydroxylation is 1. The molecule has 0 aliphatic heterocycles. The highest BCUT2D eigenvalue weighted by atomic mass is 15.3. The van der Waals surface area contributed by atoms with Crippen LogP contribution in [0.5, 0.6) is 0 Å². The highest BCUT2D eigenvalue weighted by Crippen LogP contribution is 2.29. The van der Waals surface area contributed by atoms with Crippen molar-refractivity contribution in [3.63, 3.8) is 0 Å². The molecule has 2 rings (SSSR count). The summed E-state index contributed by atoms with van der Waals surface area (Å²) in [4.78, 5) is 9.11. The number of fused-ring (bicyclic) bond motifs is 1. The third-order valence-corrected chi connectivity index (χ3v) is 2.74. The fourth-order valence-electron chi connectivity index (χ4n) is 1.89. The van der Waals surface area contributed by atoms with E-state index in [1.165, 1.54) is 11.3 Å². The summed E-state index contributed by atoms with van der Waals surface area (Å²) in [7, 11) is 0. The molecule has 0 atom stereocenters. The van der Waals surface area contributed by atoms with Crippen LogP contribution in [0.2, 0.25) is 0 Å². The fourth-order valence-corrected chi connectivity index (χ4v) is 1.89. The van der Waals surface area contributed by atoms with E-state index in [1.54, 1.807) is 0 Å². The molecule has 1 heterocycles. The van der Waals surface area contributed by atoms with Gasteiger partial charge in [-0.05, 0) is 19.3 Å². The average Bonchev–Trinajstić information content (AvgIpc) is 2.62. The molecular formula is C11H18N4. The van der Waals surface area contributed by atoms with E-state index in [4.69, 9.17) is 5.84 Å². The standard InChI is InChI=1S/C11H18N4/c1-11(2,3)10-13-8-6-4-5-7(8)9(14-10)15-12/h4-6,12H2,1-3H3,(H,13,14,15). The summed E-state index contributed by atoms with van der Waals surface area (Å²) < 4.78 is 0. The second kappa shape index (κ2) is 3.45. The number of nitrogen functional groups attached to an aromatic ring is 1. The zero-order chi connectivity index (χ0) is 11.1. The number of hydrogen-bond acceptors (Lipinski definition) is 4. The van der Waals surface area contributed by atoms with Crippen molar-refractivity contribution in [1.29, 1.82) is 0 Å². The summed E-state index contributed by atoms with van der Waals surface area (Å²) in [5.74, 6) is 7.17. The zero-order valence-electron chi connectivity index (χ0n) is 9.59. The SMILES string of the molecule is CC(C)(C)c1nc2c(c(NN)n1)CCC2. The molecule has 0 saturated carbocycles. The van der Waals surface area contributed by atoms with E-state index in [-0.39, 0.29) is 5.41 Å². The van der Waals surface area contributed by atoms with E-state index in [0.29, 0.717) is 0 Å². The topological polar surface area (TPSA) is 63.8 Å². The average molecular weight is 206 g/mol. The number of nitrogens with two attached hydrogens (primary N) is 1. The summed E-state index contributed by atoms with van der Waals surface area (Å²) in [6, 6.07) is 0. The van der Waals surface area contributed by atoms with Gasteiger partial charge in [-0.2, -0.15) is 0 Å². The Kier molecular flexibility index (Phi) is 2.38. The molecule has 1 aliphatic rings. The predicted molar refractivity (Wildman–Crippen MR) is 60.6 cm³/mol. The van der Waals surface area contributed by atoms with Gasteiger partial charge in [0.1, 0.15) is 11.6 Å². The normalized spacial score (nSPS) is 15.2. The van der Waals surface area contributed by atoms with Gasteiger partial charge in [-0.25, -0.2) is 15.8 Å². The van der Waals surface area contributed by atoms with Crippen LogP contribution >= 0.6 is 0 Å². The smallest absolute Gasteiger partial charge is 0.147 e. The highest BCUT2D eigenvalue weighted by Gasteiger charge is 2.24. The second-order valence-corrected chi connectivity index (χ2v) is 5.07. The number of hydrogen-bond donors (Lipinski definition) is 2. The van der Waals surface area contributed by atoms with Crippen LogP contribution in [-0.2, 0) is 18.3 Å². The molecule has 0 amide bonds. The van der Waals surface area contributed by atoms with Crippen LogP contribution in [0.15, 0.2) is 0 Å². The van der Waals surface area contributed by atoms with Crippen molar-refractivity contribution in [2.45, 2.75) is 45.4 Å². The summed E-state index contributed by atoms with van der Waals surface area (Å²) in [6.07, 6.45) is 3.25. The molecule has 82 valence electrons. The molecular weight excluding hydrogens is 188 g/mol. The Balaban J connectivity index is 2.53. The van der Waals surface area contributed by atoms with Gasteiger partial charge in [-0.15, -0.1) is 0 Å². The van der Waals surface area contributed by atoms with Crippen molar-refractivity contribution < 1.29 is 0 Å². The third-order valence-electron chi connectivity index (χ3n) is 2.74. The number of nitrogens with zero attached hydrogens (tertiary/aromatic N) is 2. The Morgan fingerprint density at radius 2 is 1.93 bits per heavy atom. The summed E-state index contributed by atoms with van der Waals surface area (Å²) in [6.45, 7) is 6.35. The molecule has 0 saturated heterocycles. The Morgan fingerprint density at radius 1 is 1.20 bits per heavy atom. The van der Waals surface area contributed by atoms with Crippen molar-refractivity contribution in [3.8, 4) is 0 Å². The van der Waals surface area contributed by atoms with Crippen LogP contribution in [0.3, 0.4) is 0 Å². The number of nitrogens with one attached hydrogen (secondary N) is 1. The molecule has 0 spiro atoms. The molecule has 1 aromatic heterocycles. The van der Waals surface area contributed by atoms with Gasteiger partial charge in [0.05, 0.1) is 0 Å². The van der Waals surface area contributed by atoms with Crippen LogP contribution in [0.1, 0.15) is 44.3 Å². The molecule has 3 N–H and O–H groups in total. The zero-order valence-corrected chi connectivity index (χ0v) is 9.59. The van der Waals surface area contributed by atoms with Gasteiger partial charge in [-0.1, -0.05) is 20.8 Å². The lowest BCUT2D eigenvalue weighted by atomic mass is 9.95. The van der Waals surface area contributed by atoms with Crippen molar-refractivity contribution in [1.82, 2.24) is 9.97 Å². The highest BCUT2D eigenvalue weighted by molar-refractivity contribution is 5.48. The maximum Gasteiger partial charge on any atom is 0.147 e. The molecule has 0 unspecified atom stereocenters. The van der Waals surface area contributed by atoms with E-state index in [2.05, 4.69) is 36.2 Å². The lowest BCUT2D eigenvalue weighted by Gasteiger charge is -2.19. The van der Waals surface area contributed by atoms with Crippen molar-refractivity contribution >= 4 is 5.82 Å². The van der Waals surface area contributed by atoms with E-state index < -0.39 is 0 Å². The Hall–Kier alpha value is -1.16. The Bertz CT molecular complexity index is 379. The van der Waals surface area contributed by atoms with E-state index in [1.807, 2.05) is 0 Å². The van der Waals surface area contributed by atoms with Crippen LogP contribution in [0.4, 0.5) is 5.82 Å². The molecule has 1 aromatic rings. The maximum absolute atomic E-state index is 5.49. The molecule has 15 heavy (non-hydrogen) atoms. The summed E-state index contributed by atoms with van der Waals surface area (Å²) in [5, 5.41) is 0. The molecule has 0 fully saturated rings. The van der Waals surface area contributed by atoms with E-state index in [0.717, 1.165) is 30.9 Å². The quantitative estimate of drug-likeness (QED) is 0.540. The first-order valence-electron chi connectivity index (χ1n) is 5.39. The molecule has 0 radical (unpaired) electrons. The van der Waals surface area contributed by atoms with Gasteiger partial charge in [0.2, 0.25) is 0 Å². The van der Waals surface area contributed by atoms with Crippen LogP contribution in [0, 0.1) is 0 Å². The lowest BCUT2D eigenvalue weighted by Crippen LogP contribution is -2.20. The van der Waals surface area contributed by atoms with Crippen molar-refractivity contribution in [2.24, 2.45) is 5.84 Å². The number of hydrazine groups is 1.